The maximum Gasteiger partial charge on any atom is 0.355 e. The zero-order chi connectivity index (χ0) is 30.1. The summed E-state index contributed by atoms with van der Waals surface area (Å²) in [6.45, 7) is 17.6. The van der Waals surface area contributed by atoms with Crippen LogP contribution < -0.4 is 15.5 Å². The van der Waals surface area contributed by atoms with Crippen LogP contribution in [0.1, 0.15) is 45.7 Å². The molecule has 3 aromatic rings. The number of pyridine rings is 1. The van der Waals surface area contributed by atoms with Crippen LogP contribution in [-0.2, 0) is 22.4 Å². The summed E-state index contributed by atoms with van der Waals surface area (Å²) in [6, 6.07) is 7.99. The van der Waals surface area contributed by atoms with Gasteiger partial charge in [-0.05, 0) is 49.0 Å². The summed E-state index contributed by atoms with van der Waals surface area (Å²) in [4.78, 5) is 42.3. The Morgan fingerprint density at radius 1 is 1.12 bits per heavy atom. The van der Waals surface area contributed by atoms with Gasteiger partial charge < -0.3 is 19.4 Å². The summed E-state index contributed by atoms with van der Waals surface area (Å²) in [5, 5.41) is 1.22. The highest BCUT2D eigenvalue weighted by Crippen LogP contribution is 2.35. The van der Waals surface area contributed by atoms with E-state index in [1.54, 1.807) is 9.47 Å². The number of aromatic nitrogens is 3. The van der Waals surface area contributed by atoms with E-state index in [0.29, 0.717) is 72.9 Å². The van der Waals surface area contributed by atoms with Gasteiger partial charge in [-0.2, -0.15) is 4.98 Å². The molecule has 4 heterocycles. The van der Waals surface area contributed by atoms with Crippen LogP contribution in [-0.4, -0.2) is 76.8 Å². The number of halogens is 1. The molecular formula is C32H41ClN6O3. The van der Waals surface area contributed by atoms with E-state index in [9.17, 15) is 9.59 Å². The molecule has 0 aliphatic carbocycles. The van der Waals surface area contributed by atoms with Crippen molar-refractivity contribution in [2.24, 2.45) is 5.92 Å². The number of hydrogen-bond donors (Lipinski definition) is 0. The molecule has 2 aliphatic rings. The van der Waals surface area contributed by atoms with Gasteiger partial charge in [-0.15, -0.1) is 0 Å². The molecule has 224 valence electrons. The molecule has 2 aliphatic heterocycles. The van der Waals surface area contributed by atoms with Crippen molar-refractivity contribution >= 4 is 40.2 Å². The van der Waals surface area contributed by atoms with Gasteiger partial charge >= 0.3 is 5.69 Å². The number of nitrogens with zero attached hydrogens (tertiary/aromatic N) is 6. The lowest BCUT2D eigenvalue weighted by Gasteiger charge is -2.40. The van der Waals surface area contributed by atoms with E-state index < -0.39 is 0 Å². The predicted molar refractivity (Wildman–Crippen MR) is 169 cm³/mol. The van der Waals surface area contributed by atoms with Crippen molar-refractivity contribution in [2.75, 3.05) is 49.1 Å². The van der Waals surface area contributed by atoms with Crippen molar-refractivity contribution in [2.45, 2.75) is 59.6 Å². The first-order valence-electron chi connectivity index (χ1n) is 15.0. The first kappa shape index (κ1) is 30.0. The van der Waals surface area contributed by atoms with Gasteiger partial charge in [-0.1, -0.05) is 64.1 Å². The summed E-state index contributed by atoms with van der Waals surface area (Å²) in [5.41, 5.74) is 3.11. The maximum absolute atomic E-state index is 14.1. The average molecular weight is 593 g/mol. The Morgan fingerprint density at radius 3 is 2.45 bits per heavy atom. The molecule has 2 aromatic heterocycles. The van der Waals surface area contributed by atoms with Gasteiger partial charge in [0, 0.05) is 38.8 Å². The van der Waals surface area contributed by atoms with Crippen LogP contribution in [0.3, 0.4) is 0 Å². The van der Waals surface area contributed by atoms with E-state index in [4.69, 9.17) is 21.3 Å². The average Bonchev–Trinajstić information content (AvgIpc) is 3.00. The number of rotatable bonds is 7. The number of amides is 1. The number of anilines is 2. The van der Waals surface area contributed by atoms with Crippen LogP contribution in [0.15, 0.2) is 41.7 Å². The van der Waals surface area contributed by atoms with Crippen molar-refractivity contribution in [3.05, 3.63) is 63.6 Å². The Morgan fingerprint density at radius 2 is 1.83 bits per heavy atom. The number of carbonyl (C=O) groups is 1. The Hall–Kier alpha value is -3.43. The fourth-order valence-electron chi connectivity index (χ4n) is 6.11. The number of morpholine rings is 1. The fraction of sp³-hybridized carbons (Fsp3) is 0.500. The van der Waals surface area contributed by atoms with Crippen LogP contribution >= 0.6 is 11.6 Å². The number of hydrogen-bond acceptors (Lipinski definition) is 7. The molecule has 2 fully saturated rings. The molecule has 0 radical (unpaired) electrons. The second-order valence-electron chi connectivity index (χ2n) is 11.5. The van der Waals surface area contributed by atoms with E-state index in [-0.39, 0.29) is 23.7 Å². The van der Waals surface area contributed by atoms with Crippen LogP contribution in [0, 0.1) is 5.92 Å². The number of aryl methyl sites for hydroxylation is 2. The quantitative estimate of drug-likeness (QED) is 0.370. The maximum atomic E-state index is 14.1. The minimum absolute atomic E-state index is 0.0606. The lowest BCUT2D eigenvalue weighted by atomic mass is 10.0. The van der Waals surface area contributed by atoms with Gasteiger partial charge in [0.05, 0.1) is 28.8 Å². The lowest BCUT2D eigenvalue weighted by Crippen LogP contribution is -2.54. The highest BCUT2D eigenvalue weighted by molar-refractivity contribution is 6.33. The SMILES string of the molecule is C=CC(=O)N1CCN(c2nc(=O)n(-c3c(CC)cccc3CC)c3nc(N4CCOC(C(C)C)C4)c(Cl)cc23)[C@@H](C)C1. The van der Waals surface area contributed by atoms with Crippen LogP contribution in [0.4, 0.5) is 11.6 Å². The Bertz CT molecular complexity index is 1530. The highest BCUT2D eigenvalue weighted by Gasteiger charge is 2.31. The number of carbonyl (C=O) groups excluding carboxylic acids is 1. The third-order valence-corrected chi connectivity index (χ3v) is 8.77. The molecule has 2 saturated heterocycles. The van der Waals surface area contributed by atoms with Gasteiger partial charge in [0.2, 0.25) is 5.91 Å². The standard InChI is InChI=1S/C32H41ClN6O3/c1-7-22-11-10-12-23(8-2)28(22)39-30-24(17-25(33)31(34-30)37-15-16-42-26(19-37)20(4)5)29(35-32(39)41)38-14-13-36(18-21(38)6)27(40)9-3/h9-12,17,20-21,26H,3,7-8,13-16,18-19H2,1-2,4-6H3/t21-,26?/m0/s1. The lowest BCUT2D eigenvalue weighted by molar-refractivity contribution is -0.126. The molecule has 1 aromatic carbocycles. The largest absolute Gasteiger partial charge is 0.374 e. The first-order chi connectivity index (χ1) is 20.2. The minimum atomic E-state index is -0.382. The molecule has 0 saturated carbocycles. The van der Waals surface area contributed by atoms with E-state index in [2.05, 4.69) is 61.2 Å². The molecular weight excluding hydrogens is 552 g/mol. The summed E-state index contributed by atoms with van der Waals surface area (Å²) in [5.74, 6) is 1.43. The van der Waals surface area contributed by atoms with Gasteiger partial charge in [0.1, 0.15) is 11.6 Å². The van der Waals surface area contributed by atoms with Crippen LogP contribution in [0.25, 0.3) is 16.7 Å². The molecule has 0 bridgehead atoms. The zero-order valence-corrected chi connectivity index (χ0v) is 26.0. The van der Waals surface area contributed by atoms with E-state index in [1.165, 1.54) is 6.08 Å². The van der Waals surface area contributed by atoms with E-state index in [1.807, 2.05) is 19.1 Å². The molecule has 0 N–H and O–H groups in total. The molecule has 2 atom stereocenters. The van der Waals surface area contributed by atoms with Crippen molar-refractivity contribution < 1.29 is 9.53 Å². The molecule has 5 rings (SSSR count). The highest BCUT2D eigenvalue weighted by atomic mass is 35.5. The molecule has 0 spiro atoms. The number of benzene rings is 1. The Kier molecular flexibility index (Phi) is 8.89. The van der Waals surface area contributed by atoms with Crippen LogP contribution in [0.5, 0.6) is 0 Å². The van der Waals surface area contributed by atoms with Gasteiger partial charge in [0.25, 0.3) is 0 Å². The number of piperazine rings is 1. The van der Waals surface area contributed by atoms with Crippen molar-refractivity contribution in [3.63, 3.8) is 0 Å². The van der Waals surface area contributed by atoms with Crippen molar-refractivity contribution in [3.8, 4) is 5.69 Å². The predicted octanol–water partition coefficient (Wildman–Crippen LogP) is 4.64. The number of para-hydroxylation sites is 1. The second-order valence-corrected chi connectivity index (χ2v) is 11.9. The number of fused-ring (bicyclic) bond motifs is 1. The summed E-state index contributed by atoms with van der Waals surface area (Å²) >= 11 is 7.01. The van der Waals surface area contributed by atoms with E-state index in [0.717, 1.165) is 29.7 Å². The third kappa shape index (κ3) is 5.52. The second kappa shape index (κ2) is 12.4. The molecule has 9 nitrogen and oxygen atoms in total. The summed E-state index contributed by atoms with van der Waals surface area (Å²) in [7, 11) is 0. The molecule has 1 unspecified atom stereocenters. The smallest absolute Gasteiger partial charge is 0.355 e. The first-order valence-corrected chi connectivity index (χ1v) is 15.3. The van der Waals surface area contributed by atoms with Gasteiger partial charge in [-0.25, -0.2) is 14.3 Å². The normalized spacial score (nSPS) is 19.5. The minimum Gasteiger partial charge on any atom is -0.374 e. The molecule has 10 heteroatoms. The van der Waals surface area contributed by atoms with Gasteiger partial charge in [-0.3, -0.25) is 4.79 Å². The Balaban J connectivity index is 1.74. The Labute approximate surface area is 252 Å². The summed E-state index contributed by atoms with van der Waals surface area (Å²) < 4.78 is 7.70. The topological polar surface area (TPSA) is 83.8 Å². The summed E-state index contributed by atoms with van der Waals surface area (Å²) in [6.07, 6.45) is 2.92. The van der Waals surface area contributed by atoms with E-state index >= 15 is 0 Å². The van der Waals surface area contributed by atoms with Gasteiger partial charge in [0.15, 0.2) is 5.65 Å². The molecule has 1 amide bonds. The third-order valence-electron chi connectivity index (χ3n) is 8.49. The number of ether oxygens (including phenoxy) is 1. The van der Waals surface area contributed by atoms with Crippen LogP contribution in [0.2, 0.25) is 5.02 Å². The zero-order valence-electron chi connectivity index (χ0n) is 25.3. The fourth-order valence-corrected chi connectivity index (χ4v) is 6.38. The van der Waals surface area contributed by atoms with Crippen molar-refractivity contribution in [1.29, 1.82) is 0 Å². The van der Waals surface area contributed by atoms with Crippen molar-refractivity contribution in [1.82, 2.24) is 19.4 Å². The molecule has 42 heavy (non-hydrogen) atoms. The monoisotopic (exact) mass is 592 g/mol.